The molecule has 2 aliphatic rings. The van der Waals surface area contributed by atoms with Crippen LogP contribution in [0.2, 0.25) is 0 Å². The summed E-state index contributed by atoms with van der Waals surface area (Å²) in [7, 11) is 0. The number of rotatable bonds is 7. The predicted octanol–water partition coefficient (Wildman–Crippen LogP) is 0.0499. The molecule has 0 aromatic heterocycles. The molecule has 30 heavy (non-hydrogen) atoms. The SMILES string of the molecule is CC(=O)OC[C@H]1O[C@@H](SN2CCOCC2)[C@H](OC(C)=O)[C@@H](OC(C)=O)[C@@H]1OC(C)=O. The van der Waals surface area contributed by atoms with E-state index in [-0.39, 0.29) is 6.61 Å². The van der Waals surface area contributed by atoms with Crippen LogP contribution < -0.4 is 0 Å². The first-order valence-corrected chi connectivity index (χ1v) is 10.3. The minimum Gasteiger partial charge on any atom is -0.463 e. The molecule has 0 amide bonds. The van der Waals surface area contributed by atoms with Gasteiger partial charge >= 0.3 is 23.9 Å². The van der Waals surface area contributed by atoms with Crippen LogP contribution in [0.5, 0.6) is 0 Å². The topological polar surface area (TPSA) is 127 Å². The Morgan fingerprint density at radius 1 is 0.833 bits per heavy atom. The Balaban J connectivity index is 2.34. The van der Waals surface area contributed by atoms with Crippen molar-refractivity contribution in [1.82, 2.24) is 4.31 Å². The third-order valence-electron chi connectivity index (χ3n) is 4.17. The lowest BCUT2D eigenvalue weighted by Gasteiger charge is -2.45. The first-order chi connectivity index (χ1) is 14.2. The molecule has 0 unspecified atom stereocenters. The molecule has 0 bridgehead atoms. The number of hydrogen-bond donors (Lipinski definition) is 0. The predicted molar refractivity (Wildman–Crippen MR) is 102 cm³/mol. The molecule has 0 N–H and O–H groups in total. The summed E-state index contributed by atoms with van der Waals surface area (Å²) in [6, 6.07) is 0. The van der Waals surface area contributed by atoms with Crippen LogP contribution in [0.15, 0.2) is 0 Å². The van der Waals surface area contributed by atoms with Crippen molar-refractivity contribution >= 4 is 35.8 Å². The van der Waals surface area contributed by atoms with Crippen molar-refractivity contribution in [2.24, 2.45) is 0 Å². The van der Waals surface area contributed by atoms with Crippen LogP contribution in [-0.2, 0) is 47.6 Å². The highest BCUT2D eigenvalue weighted by atomic mass is 32.2. The van der Waals surface area contributed by atoms with E-state index in [0.29, 0.717) is 26.3 Å². The van der Waals surface area contributed by atoms with Crippen LogP contribution in [0.25, 0.3) is 0 Å². The average molecular weight is 449 g/mol. The van der Waals surface area contributed by atoms with Crippen molar-refractivity contribution in [1.29, 1.82) is 0 Å². The molecule has 2 heterocycles. The normalized spacial score (nSPS) is 29.5. The number of carbonyl (C=O) groups excluding carboxylic acids is 4. The number of esters is 4. The molecule has 0 aromatic rings. The molecule has 170 valence electrons. The van der Waals surface area contributed by atoms with Crippen LogP contribution in [0, 0.1) is 0 Å². The summed E-state index contributed by atoms with van der Waals surface area (Å²) >= 11 is 1.26. The van der Waals surface area contributed by atoms with Gasteiger partial charge in [-0.2, -0.15) is 0 Å². The second kappa shape index (κ2) is 11.5. The lowest BCUT2D eigenvalue weighted by Crippen LogP contribution is -2.62. The van der Waals surface area contributed by atoms with Crippen molar-refractivity contribution in [2.45, 2.75) is 57.5 Å². The van der Waals surface area contributed by atoms with E-state index in [0.717, 1.165) is 0 Å². The van der Waals surface area contributed by atoms with E-state index in [2.05, 4.69) is 0 Å². The highest BCUT2D eigenvalue weighted by Crippen LogP contribution is 2.36. The minimum absolute atomic E-state index is 0.238. The molecular formula is C18H27NO10S. The molecule has 2 rings (SSSR count). The summed E-state index contributed by atoms with van der Waals surface area (Å²) in [6.45, 7) is 6.85. The number of nitrogens with zero attached hydrogens (tertiary/aromatic N) is 1. The third-order valence-corrected chi connectivity index (χ3v) is 5.42. The lowest BCUT2D eigenvalue weighted by atomic mass is 9.99. The maximum atomic E-state index is 11.8. The Bertz CT molecular complexity index is 638. The first kappa shape index (κ1) is 24.4. The molecule has 0 aromatic carbocycles. The van der Waals surface area contributed by atoms with Gasteiger partial charge in [-0.25, -0.2) is 4.31 Å². The third kappa shape index (κ3) is 7.42. The summed E-state index contributed by atoms with van der Waals surface area (Å²) in [5.41, 5.74) is -0.802. The first-order valence-electron chi connectivity index (χ1n) is 9.47. The van der Waals surface area contributed by atoms with E-state index in [1.54, 1.807) is 0 Å². The molecule has 0 spiro atoms. The van der Waals surface area contributed by atoms with E-state index in [9.17, 15) is 19.2 Å². The van der Waals surface area contributed by atoms with Gasteiger partial charge in [0.25, 0.3) is 0 Å². The quantitative estimate of drug-likeness (QED) is 0.296. The maximum Gasteiger partial charge on any atom is 0.303 e. The molecule has 0 radical (unpaired) electrons. The largest absolute Gasteiger partial charge is 0.463 e. The molecule has 2 fully saturated rings. The second-order valence-electron chi connectivity index (χ2n) is 6.71. The molecule has 5 atom stereocenters. The molecule has 11 nitrogen and oxygen atoms in total. The van der Waals surface area contributed by atoms with E-state index in [4.69, 9.17) is 28.4 Å². The van der Waals surface area contributed by atoms with Gasteiger partial charge in [-0.3, -0.25) is 19.2 Å². The fourth-order valence-electron chi connectivity index (χ4n) is 3.07. The van der Waals surface area contributed by atoms with Gasteiger partial charge in [-0.1, -0.05) is 0 Å². The highest BCUT2D eigenvalue weighted by molar-refractivity contribution is 7.97. The summed E-state index contributed by atoms with van der Waals surface area (Å²) in [5, 5.41) is 0. The zero-order valence-corrected chi connectivity index (χ0v) is 18.2. The van der Waals surface area contributed by atoms with E-state index >= 15 is 0 Å². The Kier molecular flexibility index (Phi) is 9.34. The van der Waals surface area contributed by atoms with E-state index < -0.39 is 53.7 Å². The summed E-state index contributed by atoms with van der Waals surface area (Å²) in [6.07, 6.45) is -4.29. The van der Waals surface area contributed by atoms with Crippen LogP contribution in [0.4, 0.5) is 0 Å². The minimum atomic E-state index is -1.15. The lowest BCUT2D eigenvalue weighted by molar-refractivity contribution is -0.237. The smallest absolute Gasteiger partial charge is 0.303 e. The number of ether oxygens (including phenoxy) is 6. The van der Waals surface area contributed by atoms with Crippen LogP contribution >= 0.6 is 11.9 Å². The van der Waals surface area contributed by atoms with Gasteiger partial charge in [0.2, 0.25) is 0 Å². The zero-order chi connectivity index (χ0) is 22.3. The molecule has 12 heteroatoms. The van der Waals surface area contributed by atoms with Gasteiger partial charge in [0.15, 0.2) is 23.7 Å². The molecule has 0 saturated carbocycles. The standard InChI is InChI=1S/C18H27NO10S/c1-10(20)25-9-14-15(26-11(2)21)16(27-12(3)22)17(28-13(4)23)18(29-14)30-19-5-7-24-8-6-19/h14-18H,5-9H2,1-4H3/t14-,15-,16+,17-,18+/m1/s1. The van der Waals surface area contributed by atoms with Gasteiger partial charge in [0.1, 0.15) is 12.7 Å². The molecule has 0 aliphatic carbocycles. The average Bonchev–Trinajstić information content (AvgIpc) is 2.64. The van der Waals surface area contributed by atoms with E-state index in [1.807, 2.05) is 4.31 Å². The van der Waals surface area contributed by atoms with E-state index in [1.165, 1.54) is 39.6 Å². The number of carbonyl (C=O) groups is 4. The van der Waals surface area contributed by atoms with Gasteiger partial charge < -0.3 is 28.4 Å². The van der Waals surface area contributed by atoms with Crippen molar-refractivity contribution in [2.75, 3.05) is 32.9 Å². The van der Waals surface area contributed by atoms with Gasteiger partial charge in [0.05, 0.1) is 13.2 Å². The fourth-order valence-corrected chi connectivity index (χ4v) is 4.25. The Labute approximate surface area is 178 Å². The summed E-state index contributed by atoms with van der Waals surface area (Å²) < 4.78 is 34.6. The Hall–Kier alpha value is -1.89. The van der Waals surface area contributed by atoms with Crippen LogP contribution in [0.3, 0.4) is 0 Å². The molecular weight excluding hydrogens is 422 g/mol. The van der Waals surface area contributed by atoms with Crippen molar-refractivity contribution in [3.63, 3.8) is 0 Å². The Morgan fingerprint density at radius 3 is 1.90 bits per heavy atom. The van der Waals surface area contributed by atoms with Crippen molar-refractivity contribution < 1.29 is 47.6 Å². The molecule has 2 saturated heterocycles. The van der Waals surface area contributed by atoms with Gasteiger partial charge in [-0.15, -0.1) is 0 Å². The fraction of sp³-hybridized carbons (Fsp3) is 0.778. The van der Waals surface area contributed by atoms with Crippen LogP contribution in [-0.4, -0.2) is 90.9 Å². The molecule has 2 aliphatic heterocycles. The number of morpholine rings is 1. The van der Waals surface area contributed by atoms with Crippen molar-refractivity contribution in [3.8, 4) is 0 Å². The zero-order valence-electron chi connectivity index (χ0n) is 17.4. The van der Waals surface area contributed by atoms with Gasteiger partial charge in [0, 0.05) is 40.8 Å². The monoisotopic (exact) mass is 449 g/mol. The van der Waals surface area contributed by atoms with Gasteiger partial charge in [-0.05, 0) is 11.9 Å². The van der Waals surface area contributed by atoms with Crippen LogP contribution in [0.1, 0.15) is 27.7 Å². The number of hydrogen-bond acceptors (Lipinski definition) is 12. The summed E-state index contributed by atoms with van der Waals surface area (Å²) in [5.74, 6) is -2.48. The maximum absolute atomic E-state index is 11.8. The van der Waals surface area contributed by atoms with Crippen molar-refractivity contribution in [3.05, 3.63) is 0 Å². The summed E-state index contributed by atoms with van der Waals surface area (Å²) in [4.78, 5) is 46.6. The Morgan fingerprint density at radius 2 is 1.37 bits per heavy atom. The highest BCUT2D eigenvalue weighted by Gasteiger charge is 2.52. The second-order valence-corrected chi connectivity index (χ2v) is 7.91.